The molecule has 0 fully saturated rings. The number of fused-ring (bicyclic) bond motifs is 4. The highest BCUT2D eigenvalue weighted by atomic mass is 16.7. The SMILES string of the molecule is O=C1c2c(O)cccc2-c2c3c(cc4ccnc1c24)OCO3. The maximum absolute atomic E-state index is 12.7. The molecule has 0 atom stereocenters. The maximum atomic E-state index is 12.7. The number of rotatable bonds is 0. The molecule has 2 aromatic carbocycles. The Balaban J connectivity index is 2.07. The number of phenols is 1. The van der Waals surface area contributed by atoms with Crippen molar-refractivity contribution >= 4 is 16.6 Å². The predicted molar refractivity (Wildman–Crippen MR) is 78.4 cm³/mol. The average Bonchev–Trinajstić information content (AvgIpc) is 2.98. The van der Waals surface area contributed by atoms with E-state index in [0.717, 1.165) is 16.3 Å². The Bertz CT molecular complexity index is 994. The van der Waals surface area contributed by atoms with Crippen LogP contribution in [0.2, 0.25) is 0 Å². The lowest BCUT2D eigenvalue weighted by Gasteiger charge is -2.20. The van der Waals surface area contributed by atoms with Crippen molar-refractivity contribution in [1.82, 2.24) is 4.98 Å². The van der Waals surface area contributed by atoms with E-state index in [4.69, 9.17) is 9.47 Å². The second-order valence-electron chi connectivity index (χ2n) is 5.27. The molecule has 0 spiro atoms. The molecule has 0 radical (unpaired) electrons. The van der Waals surface area contributed by atoms with Crippen LogP contribution in [0.3, 0.4) is 0 Å². The normalized spacial score (nSPS) is 14.3. The zero-order chi connectivity index (χ0) is 14.8. The molecule has 5 heteroatoms. The minimum Gasteiger partial charge on any atom is -0.507 e. The molecule has 22 heavy (non-hydrogen) atoms. The van der Waals surface area contributed by atoms with Gasteiger partial charge in [0.25, 0.3) is 0 Å². The molecular formula is C17H9NO4. The van der Waals surface area contributed by atoms with E-state index < -0.39 is 0 Å². The molecule has 2 heterocycles. The Morgan fingerprint density at radius 3 is 2.95 bits per heavy atom. The van der Waals surface area contributed by atoms with Gasteiger partial charge >= 0.3 is 0 Å². The molecule has 1 aliphatic heterocycles. The summed E-state index contributed by atoms with van der Waals surface area (Å²) >= 11 is 0. The summed E-state index contributed by atoms with van der Waals surface area (Å²) in [5.74, 6) is 0.915. The number of pyridine rings is 1. The van der Waals surface area contributed by atoms with Crippen LogP contribution in [0.25, 0.3) is 21.9 Å². The van der Waals surface area contributed by atoms with E-state index >= 15 is 0 Å². The molecule has 106 valence electrons. The molecule has 0 saturated heterocycles. The molecule has 5 rings (SSSR count). The fourth-order valence-electron chi connectivity index (χ4n) is 3.24. The standard InChI is InChI=1S/C17H9NO4/c19-10-3-1-2-9-13(10)16(20)15-12-8(4-5-18-15)6-11-17(14(9)12)22-7-21-11/h1-6,19H,7H2. The van der Waals surface area contributed by atoms with E-state index in [-0.39, 0.29) is 23.9 Å². The lowest BCUT2D eigenvalue weighted by atomic mass is 9.84. The maximum Gasteiger partial charge on any atom is 0.231 e. The largest absolute Gasteiger partial charge is 0.507 e. The highest BCUT2D eigenvalue weighted by molar-refractivity contribution is 6.27. The van der Waals surface area contributed by atoms with Crippen molar-refractivity contribution in [2.45, 2.75) is 0 Å². The fourth-order valence-corrected chi connectivity index (χ4v) is 3.24. The minimum absolute atomic E-state index is 0.0523. The number of phenolic OH excluding ortho intramolecular Hbond substituents is 1. The number of hydrogen-bond donors (Lipinski definition) is 1. The first-order valence-corrected chi connectivity index (χ1v) is 6.84. The van der Waals surface area contributed by atoms with Crippen LogP contribution < -0.4 is 9.47 Å². The molecule has 5 nitrogen and oxygen atoms in total. The van der Waals surface area contributed by atoms with Crippen LogP contribution in [0.4, 0.5) is 0 Å². The number of carbonyl (C=O) groups excluding carboxylic acids is 1. The molecule has 0 unspecified atom stereocenters. The fraction of sp³-hybridized carbons (Fsp3) is 0.0588. The summed E-state index contributed by atoms with van der Waals surface area (Å²) in [7, 11) is 0. The number of aromatic hydroxyl groups is 1. The van der Waals surface area contributed by atoms with Crippen molar-refractivity contribution in [3.8, 4) is 28.4 Å². The summed E-state index contributed by atoms with van der Waals surface area (Å²) in [5, 5.41) is 11.7. The Kier molecular flexibility index (Phi) is 1.98. The van der Waals surface area contributed by atoms with Crippen molar-refractivity contribution in [2.75, 3.05) is 6.79 Å². The van der Waals surface area contributed by atoms with E-state index in [1.165, 1.54) is 6.07 Å². The van der Waals surface area contributed by atoms with Gasteiger partial charge < -0.3 is 14.6 Å². The molecule has 3 aromatic rings. The molecule has 1 N–H and O–H groups in total. The first-order chi connectivity index (χ1) is 10.8. The summed E-state index contributed by atoms with van der Waals surface area (Å²) in [4.78, 5) is 16.9. The number of aromatic nitrogens is 1. The number of ether oxygens (including phenoxy) is 2. The van der Waals surface area contributed by atoms with Gasteiger partial charge in [0.05, 0.1) is 5.56 Å². The van der Waals surface area contributed by atoms with Gasteiger partial charge in [-0.05, 0) is 23.6 Å². The quantitative estimate of drug-likeness (QED) is 0.539. The summed E-state index contributed by atoms with van der Waals surface area (Å²) in [6, 6.07) is 8.71. The van der Waals surface area contributed by atoms with E-state index in [9.17, 15) is 9.90 Å². The average molecular weight is 291 g/mol. The van der Waals surface area contributed by atoms with E-state index in [0.29, 0.717) is 22.8 Å². The zero-order valence-electron chi connectivity index (χ0n) is 11.3. The molecule has 2 aliphatic rings. The van der Waals surface area contributed by atoms with Crippen molar-refractivity contribution < 1.29 is 19.4 Å². The van der Waals surface area contributed by atoms with Gasteiger partial charge in [-0.1, -0.05) is 12.1 Å². The third kappa shape index (κ3) is 1.24. The van der Waals surface area contributed by atoms with Gasteiger partial charge in [0.15, 0.2) is 11.5 Å². The minimum atomic E-state index is -0.273. The van der Waals surface area contributed by atoms with Gasteiger partial charge in [-0.2, -0.15) is 0 Å². The van der Waals surface area contributed by atoms with Crippen molar-refractivity contribution in [3.63, 3.8) is 0 Å². The van der Waals surface area contributed by atoms with Crippen LogP contribution in [-0.4, -0.2) is 22.7 Å². The highest BCUT2D eigenvalue weighted by Crippen LogP contribution is 2.51. The number of ketones is 1. The Labute approximate surface area is 124 Å². The van der Waals surface area contributed by atoms with Crippen LogP contribution in [-0.2, 0) is 0 Å². The van der Waals surface area contributed by atoms with Crippen molar-refractivity contribution in [3.05, 3.63) is 47.8 Å². The summed E-state index contributed by atoms with van der Waals surface area (Å²) in [5.41, 5.74) is 2.01. The predicted octanol–water partition coefficient (Wildman–Crippen LogP) is 2.88. The topological polar surface area (TPSA) is 68.7 Å². The molecule has 1 aromatic heterocycles. The van der Waals surface area contributed by atoms with Gasteiger partial charge in [0.2, 0.25) is 12.6 Å². The first kappa shape index (κ1) is 11.6. The highest BCUT2D eigenvalue weighted by Gasteiger charge is 2.34. The van der Waals surface area contributed by atoms with Gasteiger partial charge in [0.1, 0.15) is 11.4 Å². The zero-order valence-corrected chi connectivity index (χ0v) is 11.3. The lowest BCUT2D eigenvalue weighted by Crippen LogP contribution is -2.12. The summed E-state index contributed by atoms with van der Waals surface area (Å²) < 4.78 is 11.1. The van der Waals surface area contributed by atoms with Gasteiger partial charge in [-0.15, -0.1) is 0 Å². The second kappa shape index (κ2) is 3.76. The number of carbonyl (C=O) groups is 1. The Morgan fingerprint density at radius 1 is 1.14 bits per heavy atom. The molecule has 0 amide bonds. The third-order valence-corrected chi connectivity index (χ3v) is 4.14. The van der Waals surface area contributed by atoms with Crippen LogP contribution in [0, 0.1) is 0 Å². The van der Waals surface area contributed by atoms with Crippen LogP contribution in [0.5, 0.6) is 17.2 Å². The number of hydrogen-bond acceptors (Lipinski definition) is 5. The van der Waals surface area contributed by atoms with Crippen LogP contribution in [0.15, 0.2) is 36.5 Å². The monoisotopic (exact) mass is 291 g/mol. The third-order valence-electron chi connectivity index (χ3n) is 4.14. The molecule has 0 bridgehead atoms. The summed E-state index contributed by atoms with van der Waals surface area (Å²) in [6.45, 7) is 0.142. The molecule has 1 aliphatic carbocycles. The summed E-state index contributed by atoms with van der Waals surface area (Å²) in [6.07, 6.45) is 1.59. The van der Waals surface area contributed by atoms with Crippen LogP contribution >= 0.6 is 0 Å². The smallest absolute Gasteiger partial charge is 0.231 e. The molecular weight excluding hydrogens is 282 g/mol. The first-order valence-electron chi connectivity index (χ1n) is 6.84. The van der Waals surface area contributed by atoms with Crippen LogP contribution in [0.1, 0.15) is 16.1 Å². The van der Waals surface area contributed by atoms with Crippen molar-refractivity contribution in [1.29, 1.82) is 0 Å². The Hall–Kier alpha value is -3.08. The van der Waals surface area contributed by atoms with E-state index in [2.05, 4.69) is 4.98 Å². The van der Waals surface area contributed by atoms with Gasteiger partial charge in [-0.3, -0.25) is 9.78 Å². The molecule has 0 saturated carbocycles. The lowest BCUT2D eigenvalue weighted by molar-refractivity contribution is 0.103. The Morgan fingerprint density at radius 2 is 2.05 bits per heavy atom. The van der Waals surface area contributed by atoms with Crippen molar-refractivity contribution in [2.24, 2.45) is 0 Å². The van der Waals surface area contributed by atoms with E-state index in [1.54, 1.807) is 18.3 Å². The number of benzene rings is 2. The van der Waals surface area contributed by atoms with Gasteiger partial charge in [0, 0.05) is 22.7 Å². The van der Waals surface area contributed by atoms with E-state index in [1.807, 2.05) is 12.1 Å². The second-order valence-corrected chi connectivity index (χ2v) is 5.27. The van der Waals surface area contributed by atoms with Gasteiger partial charge in [-0.25, -0.2) is 0 Å². The number of nitrogens with zero attached hydrogens (tertiary/aromatic N) is 1.